The third-order valence-electron chi connectivity index (χ3n) is 0. The van der Waals surface area contributed by atoms with Gasteiger partial charge in [0, 0.05) is 0 Å². The molecule has 0 N–H and O–H groups in total. The van der Waals surface area contributed by atoms with E-state index in [0.29, 0.717) is 0 Å². The van der Waals surface area contributed by atoms with Crippen LogP contribution in [0.25, 0.3) is 0 Å². The van der Waals surface area contributed by atoms with Crippen LogP contribution < -0.4 is 74.5 Å². The van der Waals surface area contributed by atoms with E-state index in [2.05, 4.69) is 0 Å². The normalized spacial score (nSPS) is 10.9. The molecule has 0 aliphatic carbocycles. The molecule has 0 heterocycles. The third kappa shape index (κ3) is 2890. The second-order valence-electron chi connectivity index (χ2n) is 1.51. The van der Waals surface area contributed by atoms with E-state index in [1.165, 1.54) is 0 Å². The van der Waals surface area contributed by atoms with Gasteiger partial charge in [-0.2, -0.15) is 0 Å². The summed E-state index contributed by atoms with van der Waals surface area (Å²) in [6.07, 6.45) is 0. The maximum atomic E-state index is 8.49. The zero-order chi connectivity index (χ0) is 18.0. The molecule has 0 fully saturated rings. The van der Waals surface area contributed by atoms with Crippen LogP contribution in [-0.2, 0) is 17.1 Å². The van der Waals surface area contributed by atoms with Gasteiger partial charge in [0.15, 0.2) is 0 Å². The molecule has 0 atom stereocenters. The fourth-order valence-corrected chi connectivity index (χ4v) is 0. The Balaban J connectivity index is -0.0000000376. The number of hydrogen-bond acceptors (Lipinski definition) is 16. The van der Waals surface area contributed by atoms with Crippen molar-refractivity contribution in [2.75, 3.05) is 0 Å². The van der Waals surface area contributed by atoms with Gasteiger partial charge in [0.25, 0.3) is 0 Å². The molecule has 0 amide bonds. The van der Waals surface area contributed by atoms with Crippen LogP contribution in [0, 0.1) is 41.0 Å². The SMILES string of the molecule is [Mg+2].[Mn+2].[O-][Cl+3]([O-])([O-])[O-].[O-][Cl+3]([O-])([O-])[O-].[O-][Cl+3]([O-])([O-])[O-].[O-][Cl+3]([O-])([O-])[O-]. The quantitative estimate of drug-likeness (QED) is 0.292. The van der Waals surface area contributed by atoms with Crippen LogP contribution in [0.3, 0.4) is 0 Å². The monoisotopic (exact) mass is 475 g/mol. The summed E-state index contributed by atoms with van der Waals surface area (Å²) in [6, 6.07) is 0. The minimum Gasteiger partial charge on any atom is -0.222 e. The minimum absolute atomic E-state index is 0. The van der Waals surface area contributed by atoms with Gasteiger partial charge >= 0.3 is 40.1 Å². The van der Waals surface area contributed by atoms with Crippen LogP contribution in [-0.4, -0.2) is 23.1 Å². The Kier molecular flexibility index (Phi) is 28.9. The summed E-state index contributed by atoms with van der Waals surface area (Å²) in [7, 11) is -19.8. The predicted molar refractivity (Wildman–Crippen MR) is 5.75 cm³/mol. The van der Waals surface area contributed by atoms with Crippen molar-refractivity contribution >= 4 is 23.1 Å². The molecule has 0 rings (SSSR count). The van der Waals surface area contributed by atoms with Gasteiger partial charge in [0.2, 0.25) is 0 Å². The Bertz CT molecular complexity index is 136. The number of rotatable bonds is 0. The first-order valence-electron chi connectivity index (χ1n) is 2.47. The van der Waals surface area contributed by atoms with Crippen molar-refractivity contribution in [3.63, 3.8) is 0 Å². The van der Waals surface area contributed by atoms with Crippen molar-refractivity contribution in [1.82, 2.24) is 0 Å². The second-order valence-corrected chi connectivity index (χ2v) is 4.54. The standard InChI is InChI=1S/4ClHO4.Mg.Mn/c4*2-1(3,4)5;;/h4*(H,2,3,4,5);;/q;;;;2*+2/p-4. The van der Waals surface area contributed by atoms with Gasteiger partial charge in [-0.05, 0) is 0 Å². The van der Waals surface area contributed by atoms with Crippen LogP contribution >= 0.6 is 0 Å². The zero-order valence-corrected chi connectivity index (χ0v) is 14.7. The Morgan fingerprint density at radius 2 is 0.273 bits per heavy atom. The van der Waals surface area contributed by atoms with E-state index in [1.54, 1.807) is 0 Å². The Hall–Kier alpha value is 1.81. The first-order chi connectivity index (χ1) is 8.00. The Labute approximate surface area is 155 Å². The summed E-state index contributed by atoms with van der Waals surface area (Å²) >= 11 is 0. The molecule has 16 nitrogen and oxygen atoms in total. The molecule has 0 aromatic rings. The van der Waals surface area contributed by atoms with Gasteiger partial charge in [-0.1, -0.05) is 0 Å². The van der Waals surface area contributed by atoms with Gasteiger partial charge in [0.1, 0.15) is 0 Å². The van der Waals surface area contributed by atoms with E-state index in [9.17, 15) is 0 Å². The van der Waals surface area contributed by atoms with E-state index in [-0.39, 0.29) is 40.1 Å². The molecule has 0 bridgehead atoms. The summed E-state index contributed by atoms with van der Waals surface area (Å²) in [6.45, 7) is 0. The molecular formula is Cl4MgMnO16. The molecule has 133 valence electrons. The van der Waals surface area contributed by atoms with Gasteiger partial charge in [0.05, 0.1) is 0 Å². The van der Waals surface area contributed by atoms with Crippen molar-refractivity contribution in [3.8, 4) is 0 Å². The maximum absolute atomic E-state index is 8.49. The summed E-state index contributed by atoms with van der Waals surface area (Å²) < 4.78 is 136. The summed E-state index contributed by atoms with van der Waals surface area (Å²) in [5, 5.41) is 0. The molecule has 1 radical (unpaired) electrons. The fraction of sp³-hybridized carbons (Fsp3) is 0. The van der Waals surface area contributed by atoms with Crippen molar-refractivity contribution in [1.29, 1.82) is 0 Å². The first-order valence-corrected chi connectivity index (χ1v) is 7.41. The largest absolute Gasteiger partial charge is 2.00 e. The van der Waals surface area contributed by atoms with E-state index < -0.39 is 41.0 Å². The van der Waals surface area contributed by atoms with Crippen LogP contribution in [0.2, 0.25) is 0 Å². The zero-order valence-electron chi connectivity index (χ0n) is 9.13. The van der Waals surface area contributed by atoms with Crippen LogP contribution in [0.1, 0.15) is 0 Å². The average molecular weight is 477 g/mol. The third-order valence-corrected chi connectivity index (χ3v) is 0. The smallest absolute Gasteiger partial charge is 0.222 e. The van der Waals surface area contributed by atoms with Crippen molar-refractivity contribution in [3.05, 3.63) is 0 Å². The van der Waals surface area contributed by atoms with Crippen molar-refractivity contribution in [2.24, 2.45) is 0 Å². The summed E-state index contributed by atoms with van der Waals surface area (Å²) in [5.74, 6) is 0. The molecule has 0 aliphatic rings. The molecule has 0 spiro atoms. The summed E-state index contributed by atoms with van der Waals surface area (Å²) in [4.78, 5) is 0. The topological polar surface area (TPSA) is 369 Å². The van der Waals surface area contributed by atoms with Crippen LogP contribution in [0.15, 0.2) is 0 Å². The molecule has 0 aromatic carbocycles. The molecule has 0 aliphatic heterocycles. The molecule has 22 heavy (non-hydrogen) atoms. The molecule has 0 saturated heterocycles. The number of hydrogen-bond donors (Lipinski definition) is 0. The van der Waals surface area contributed by atoms with E-state index in [4.69, 9.17) is 74.5 Å². The fourth-order valence-electron chi connectivity index (χ4n) is 0. The van der Waals surface area contributed by atoms with E-state index >= 15 is 0 Å². The minimum atomic E-state index is -4.94. The Morgan fingerprint density at radius 3 is 0.273 bits per heavy atom. The van der Waals surface area contributed by atoms with Crippen molar-refractivity contribution in [2.45, 2.75) is 0 Å². The first kappa shape index (κ1) is 39.1. The van der Waals surface area contributed by atoms with E-state index in [0.717, 1.165) is 0 Å². The average Bonchev–Trinajstić information content (AvgIpc) is 1.62. The van der Waals surface area contributed by atoms with Gasteiger partial charge < -0.3 is 0 Å². The maximum Gasteiger partial charge on any atom is 2.00 e. The second kappa shape index (κ2) is 16.3. The van der Waals surface area contributed by atoms with Gasteiger partial charge in [-0.25, -0.2) is 74.5 Å². The van der Waals surface area contributed by atoms with Crippen LogP contribution in [0.4, 0.5) is 0 Å². The molecule has 0 aromatic heterocycles. The van der Waals surface area contributed by atoms with Gasteiger partial charge in [-0.3, -0.25) is 0 Å². The summed E-state index contributed by atoms with van der Waals surface area (Å²) in [5.41, 5.74) is 0. The van der Waals surface area contributed by atoms with Crippen molar-refractivity contribution < 1.29 is 133 Å². The van der Waals surface area contributed by atoms with E-state index in [1.807, 2.05) is 0 Å². The Morgan fingerprint density at radius 1 is 0.273 bits per heavy atom. The number of halogens is 4. The predicted octanol–water partition coefficient (Wildman–Crippen LogP) is -19.4. The van der Waals surface area contributed by atoms with Crippen LogP contribution in [0.5, 0.6) is 0 Å². The molecule has 0 unspecified atom stereocenters. The molecular weight excluding hydrogens is 477 g/mol. The molecule has 0 saturated carbocycles. The molecule has 22 heteroatoms. The van der Waals surface area contributed by atoms with Gasteiger partial charge in [-0.15, -0.1) is 41.0 Å².